The fourth-order valence-corrected chi connectivity index (χ4v) is 2.93. The maximum atomic E-state index is 13.3. The number of nitrogens with one attached hydrogen (secondary N) is 1. The number of aromatic carboxylic acids is 1. The number of hydrogen-bond acceptors (Lipinski definition) is 3. The lowest BCUT2D eigenvalue weighted by atomic mass is 10.1. The van der Waals surface area contributed by atoms with E-state index in [1.165, 1.54) is 25.3 Å². The lowest BCUT2D eigenvalue weighted by molar-refractivity contribution is -0.122. The molecule has 130 valence electrons. The van der Waals surface area contributed by atoms with Crippen molar-refractivity contribution >= 4 is 11.9 Å². The first kappa shape index (κ1) is 17.0. The van der Waals surface area contributed by atoms with E-state index in [0.717, 1.165) is 11.1 Å². The molecule has 1 saturated carbocycles. The Labute approximate surface area is 144 Å². The third kappa shape index (κ3) is 3.79. The summed E-state index contributed by atoms with van der Waals surface area (Å²) >= 11 is 0. The molecule has 1 amide bonds. The van der Waals surface area contributed by atoms with E-state index < -0.39 is 5.97 Å². The molecule has 0 spiro atoms. The largest absolute Gasteiger partial charge is 0.496 e. The number of rotatable bonds is 6. The van der Waals surface area contributed by atoms with Crippen molar-refractivity contribution in [3.63, 3.8) is 0 Å². The molecule has 0 unspecified atom stereocenters. The predicted octanol–water partition coefficient (Wildman–Crippen LogP) is 2.95. The summed E-state index contributed by atoms with van der Waals surface area (Å²) in [5.41, 5.74) is 1.66. The fraction of sp³-hybridized carbons (Fsp3) is 0.263. The molecule has 0 radical (unpaired) electrons. The number of amides is 1. The van der Waals surface area contributed by atoms with Crippen LogP contribution in [-0.4, -0.2) is 24.1 Å². The molecule has 0 aromatic heterocycles. The minimum atomic E-state index is -1.07. The first-order chi connectivity index (χ1) is 12.0. The molecule has 2 aromatic carbocycles. The van der Waals surface area contributed by atoms with Crippen molar-refractivity contribution in [3.05, 3.63) is 65.0 Å². The summed E-state index contributed by atoms with van der Waals surface area (Å²) in [6, 6.07) is 11.0. The van der Waals surface area contributed by atoms with Gasteiger partial charge in [0.15, 0.2) is 0 Å². The Hall–Kier alpha value is -2.89. The molecule has 1 fully saturated rings. The molecular formula is C19H18FNO4. The van der Waals surface area contributed by atoms with E-state index in [1.54, 1.807) is 18.2 Å². The number of halogens is 1. The molecular weight excluding hydrogens is 325 g/mol. The molecule has 3 rings (SSSR count). The van der Waals surface area contributed by atoms with Gasteiger partial charge in [0.2, 0.25) is 5.91 Å². The van der Waals surface area contributed by atoms with E-state index in [4.69, 9.17) is 9.84 Å². The fourth-order valence-electron chi connectivity index (χ4n) is 2.93. The van der Waals surface area contributed by atoms with Crippen molar-refractivity contribution in [2.75, 3.05) is 7.11 Å². The number of carbonyl (C=O) groups is 2. The van der Waals surface area contributed by atoms with E-state index in [0.29, 0.717) is 6.42 Å². The van der Waals surface area contributed by atoms with Crippen LogP contribution in [0.1, 0.15) is 33.8 Å². The molecule has 1 aliphatic rings. The van der Waals surface area contributed by atoms with E-state index in [2.05, 4.69) is 5.32 Å². The van der Waals surface area contributed by atoms with Gasteiger partial charge in [0, 0.05) is 12.5 Å². The predicted molar refractivity (Wildman–Crippen MR) is 89.0 cm³/mol. The Morgan fingerprint density at radius 3 is 2.76 bits per heavy atom. The minimum absolute atomic E-state index is 0.0552. The maximum absolute atomic E-state index is 13.3. The lowest BCUT2D eigenvalue weighted by Gasteiger charge is -2.09. The van der Waals surface area contributed by atoms with Crippen LogP contribution in [0.15, 0.2) is 42.5 Å². The maximum Gasteiger partial charge on any atom is 0.339 e. The zero-order chi connectivity index (χ0) is 18.0. The number of ether oxygens (including phenoxy) is 1. The molecule has 6 heteroatoms. The Morgan fingerprint density at radius 1 is 1.28 bits per heavy atom. The average Bonchev–Trinajstić information content (AvgIpc) is 3.40. The molecule has 0 saturated heterocycles. The molecule has 5 nitrogen and oxygen atoms in total. The monoisotopic (exact) mass is 343 g/mol. The first-order valence-electron chi connectivity index (χ1n) is 7.93. The van der Waals surface area contributed by atoms with Gasteiger partial charge in [-0.1, -0.05) is 18.2 Å². The number of carboxylic acids is 1. The summed E-state index contributed by atoms with van der Waals surface area (Å²) in [6.45, 7) is 0.279. The SMILES string of the molecule is COc1cc(CNC(=O)[C@H]2C[C@@H]2c2cccc(F)c2)ccc1C(=O)O. The van der Waals surface area contributed by atoms with Gasteiger partial charge >= 0.3 is 5.97 Å². The summed E-state index contributed by atoms with van der Waals surface area (Å²) in [5, 5.41) is 11.9. The number of hydrogen-bond donors (Lipinski definition) is 2. The molecule has 2 aromatic rings. The minimum Gasteiger partial charge on any atom is -0.496 e. The summed E-state index contributed by atoms with van der Waals surface area (Å²) in [7, 11) is 1.40. The van der Waals surface area contributed by atoms with Gasteiger partial charge in [0.25, 0.3) is 0 Å². The number of carbonyl (C=O) groups excluding carboxylic acids is 1. The van der Waals surface area contributed by atoms with Crippen molar-refractivity contribution in [1.29, 1.82) is 0 Å². The highest BCUT2D eigenvalue weighted by atomic mass is 19.1. The molecule has 2 N–H and O–H groups in total. The number of benzene rings is 2. The zero-order valence-corrected chi connectivity index (χ0v) is 13.7. The lowest BCUT2D eigenvalue weighted by Crippen LogP contribution is -2.25. The molecule has 0 bridgehead atoms. The average molecular weight is 343 g/mol. The third-order valence-corrected chi connectivity index (χ3v) is 4.37. The standard InChI is InChI=1S/C19H18FNO4/c1-25-17-7-11(5-6-14(17)19(23)24)10-21-18(22)16-9-15(16)12-3-2-4-13(20)8-12/h2-8,15-16H,9-10H2,1H3,(H,21,22)(H,23,24)/t15-,16+/m1/s1. The molecule has 0 aliphatic heterocycles. The van der Waals surface area contributed by atoms with Gasteiger partial charge in [0.05, 0.1) is 7.11 Å². The smallest absolute Gasteiger partial charge is 0.339 e. The first-order valence-corrected chi connectivity index (χ1v) is 7.93. The van der Waals surface area contributed by atoms with Gasteiger partial charge in [-0.15, -0.1) is 0 Å². The van der Waals surface area contributed by atoms with Gasteiger partial charge in [-0.05, 0) is 47.7 Å². The van der Waals surface area contributed by atoms with Crippen molar-refractivity contribution in [2.45, 2.75) is 18.9 Å². The van der Waals surface area contributed by atoms with Crippen LogP contribution in [0.5, 0.6) is 5.75 Å². The van der Waals surface area contributed by atoms with E-state index in [-0.39, 0.29) is 41.4 Å². The summed E-state index contributed by atoms with van der Waals surface area (Å²) in [5.74, 6) is -1.29. The molecule has 25 heavy (non-hydrogen) atoms. The van der Waals surface area contributed by atoms with Crippen LogP contribution >= 0.6 is 0 Å². The van der Waals surface area contributed by atoms with Crippen LogP contribution in [0.4, 0.5) is 4.39 Å². The quantitative estimate of drug-likeness (QED) is 0.845. The highest BCUT2D eigenvalue weighted by molar-refractivity contribution is 5.91. The molecule has 0 heterocycles. The Kier molecular flexibility index (Phi) is 4.70. The van der Waals surface area contributed by atoms with E-state index in [9.17, 15) is 14.0 Å². The van der Waals surface area contributed by atoms with Gasteiger partial charge in [-0.2, -0.15) is 0 Å². The van der Waals surface area contributed by atoms with Crippen molar-refractivity contribution in [1.82, 2.24) is 5.32 Å². The van der Waals surface area contributed by atoms with Crippen LogP contribution in [0.3, 0.4) is 0 Å². The van der Waals surface area contributed by atoms with Crippen LogP contribution in [-0.2, 0) is 11.3 Å². The Morgan fingerprint density at radius 2 is 2.08 bits per heavy atom. The van der Waals surface area contributed by atoms with Gasteiger partial charge in [-0.3, -0.25) is 4.79 Å². The van der Waals surface area contributed by atoms with Crippen molar-refractivity contribution < 1.29 is 23.8 Å². The summed E-state index contributed by atoms with van der Waals surface area (Å²) in [6.07, 6.45) is 0.705. The van der Waals surface area contributed by atoms with Gasteiger partial charge < -0.3 is 15.2 Å². The highest BCUT2D eigenvalue weighted by Gasteiger charge is 2.43. The molecule has 2 atom stereocenters. The Bertz CT molecular complexity index is 821. The van der Waals surface area contributed by atoms with E-state index >= 15 is 0 Å². The Balaban J connectivity index is 1.59. The second-order valence-corrected chi connectivity index (χ2v) is 6.06. The second kappa shape index (κ2) is 6.93. The topological polar surface area (TPSA) is 75.6 Å². The normalized spacial score (nSPS) is 18.5. The third-order valence-electron chi connectivity index (χ3n) is 4.37. The van der Waals surface area contributed by atoms with Crippen LogP contribution in [0, 0.1) is 11.7 Å². The second-order valence-electron chi connectivity index (χ2n) is 6.06. The van der Waals surface area contributed by atoms with Crippen LogP contribution in [0.2, 0.25) is 0 Å². The highest BCUT2D eigenvalue weighted by Crippen LogP contribution is 2.47. The van der Waals surface area contributed by atoms with Crippen LogP contribution < -0.4 is 10.1 Å². The van der Waals surface area contributed by atoms with Crippen molar-refractivity contribution in [3.8, 4) is 5.75 Å². The number of carboxylic acid groups (broad SMARTS) is 1. The van der Waals surface area contributed by atoms with E-state index in [1.807, 2.05) is 6.07 Å². The molecule has 1 aliphatic carbocycles. The summed E-state index contributed by atoms with van der Waals surface area (Å²) in [4.78, 5) is 23.3. The van der Waals surface area contributed by atoms with Crippen LogP contribution in [0.25, 0.3) is 0 Å². The zero-order valence-electron chi connectivity index (χ0n) is 13.7. The van der Waals surface area contributed by atoms with Gasteiger partial charge in [-0.25, -0.2) is 9.18 Å². The number of methoxy groups -OCH3 is 1. The van der Waals surface area contributed by atoms with Gasteiger partial charge in [0.1, 0.15) is 17.1 Å². The van der Waals surface area contributed by atoms with Crippen molar-refractivity contribution in [2.24, 2.45) is 5.92 Å². The summed E-state index contributed by atoms with van der Waals surface area (Å²) < 4.78 is 18.3.